The highest BCUT2D eigenvalue weighted by Gasteiger charge is 2.27. The summed E-state index contributed by atoms with van der Waals surface area (Å²) in [5.41, 5.74) is 3.72. The van der Waals surface area contributed by atoms with Crippen LogP contribution in [-0.2, 0) is 22.6 Å². The minimum Gasteiger partial charge on any atom is -0.347 e. The largest absolute Gasteiger partial charge is 0.347 e. The number of likely N-dealkylation sites (N-methyl/N-ethyl adjacent to an activating group) is 1. The number of benzene rings is 1. The first kappa shape index (κ1) is 24.2. The highest BCUT2D eigenvalue weighted by Crippen LogP contribution is 2.35. The summed E-state index contributed by atoms with van der Waals surface area (Å²) in [5.74, 6) is 0.289. The molecule has 0 saturated heterocycles. The first-order valence-electron chi connectivity index (χ1n) is 11.1. The van der Waals surface area contributed by atoms with Gasteiger partial charge in [-0.1, -0.05) is 36.7 Å². The number of aliphatic imine (C=N–C) groups is 1. The first-order valence-corrected chi connectivity index (χ1v) is 12.3. The highest BCUT2D eigenvalue weighted by molar-refractivity contribution is 7.15. The zero-order valence-electron chi connectivity index (χ0n) is 19.9. The molecule has 3 aromatic rings. The van der Waals surface area contributed by atoms with Crippen LogP contribution in [0, 0.1) is 12.8 Å². The fraction of sp³-hybridized carbons (Fsp3) is 0.360. The molecule has 0 aliphatic carbocycles. The van der Waals surface area contributed by atoms with Crippen LogP contribution in [0.3, 0.4) is 0 Å². The second-order valence-corrected chi connectivity index (χ2v) is 10.3. The number of aryl methyl sites for hydroxylation is 1. The topological polar surface area (TPSA) is 79.6 Å². The standard InChI is InChI=1S/C25H28ClN5O2S/c1-14(23(32)29-16(3)24(33)30(4)5)10-17-11-19-22(18-8-6-7-9-20(18)26)28-13-21-27-12-15(2)31(21)25(19)34-17/h6-9,11-12,14,16H,10,13H2,1-5H3,(H,29,32). The van der Waals surface area contributed by atoms with Crippen LogP contribution in [0.1, 0.15) is 41.4 Å². The molecule has 7 nitrogen and oxygen atoms in total. The number of thiophene rings is 1. The van der Waals surface area contributed by atoms with Gasteiger partial charge < -0.3 is 10.2 Å². The van der Waals surface area contributed by atoms with Crippen LogP contribution >= 0.6 is 22.9 Å². The number of fused-ring (bicyclic) bond motifs is 3. The Labute approximate surface area is 208 Å². The van der Waals surface area contributed by atoms with Crippen molar-refractivity contribution in [3.8, 4) is 5.00 Å². The van der Waals surface area contributed by atoms with Gasteiger partial charge in [0.1, 0.15) is 16.9 Å². The molecule has 1 N–H and O–H groups in total. The van der Waals surface area contributed by atoms with Crippen molar-refractivity contribution in [3.63, 3.8) is 0 Å². The number of carbonyl (C=O) groups excluding carboxylic acids is 2. The van der Waals surface area contributed by atoms with Crippen LogP contribution in [0.4, 0.5) is 0 Å². The lowest BCUT2D eigenvalue weighted by atomic mass is 10.0. The predicted molar refractivity (Wildman–Crippen MR) is 136 cm³/mol. The van der Waals surface area contributed by atoms with E-state index in [0.717, 1.165) is 38.2 Å². The highest BCUT2D eigenvalue weighted by atomic mass is 35.5. The van der Waals surface area contributed by atoms with Gasteiger partial charge in [0.15, 0.2) is 0 Å². The molecule has 2 amide bonds. The third-order valence-electron chi connectivity index (χ3n) is 5.87. The molecule has 2 aromatic heterocycles. The van der Waals surface area contributed by atoms with Crippen LogP contribution in [0.25, 0.3) is 5.00 Å². The summed E-state index contributed by atoms with van der Waals surface area (Å²) in [4.78, 5) is 36.9. The molecule has 178 valence electrons. The smallest absolute Gasteiger partial charge is 0.244 e. The molecule has 0 spiro atoms. The van der Waals surface area contributed by atoms with Gasteiger partial charge in [-0.3, -0.25) is 19.1 Å². The third-order valence-corrected chi connectivity index (χ3v) is 7.34. The normalized spacial score (nSPS) is 14.4. The predicted octanol–water partition coefficient (Wildman–Crippen LogP) is 4.02. The molecule has 0 radical (unpaired) electrons. The van der Waals surface area contributed by atoms with Crippen molar-refractivity contribution in [2.45, 2.75) is 39.8 Å². The van der Waals surface area contributed by atoms with Crippen LogP contribution in [-0.4, -0.2) is 52.1 Å². The Kier molecular flexibility index (Phi) is 6.91. The Hall–Kier alpha value is -2.97. The van der Waals surface area contributed by atoms with Crippen molar-refractivity contribution < 1.29 is 9.59 Å². The number of amides is 2. The molecule has 0 bridgehead atoms. The zero-order chi connectivity index (χ0) is 24.6. The van der Waals surface area contributed by atoms with Gasteiger partial charge in [-0.15, -0.1) is 11.3 Å². The van der Waals surface area contributed by atoms with Crippen LogP contribution in [0.2, 0.25) is 5.02 Å². The first-order chi connectivity index (χ1) is 16.2. The van der Waals surface area contributed by atoms with E-state index in [0.29, 0.717) is 18.0 Å². The Balaban J connectivity index is 1.66. The molecule has 4 rings (SSSR count). The molecular formula is C25H28ClN5O2S. The van der Waals surface area contributed by atoms with Crippen molar-refractivity contribution in [1.82, 2.24) is 19.8 Å². The molecule has 2 atom stereocenters. The van der Waals surface area contributed by atoms with E-state index in [4.69, 9.17) is 16.6 Å². The summed E-state index contributed by atoms with van der Waals surface area (Å²) in [7, 11) is 3.36. The van der Waals surface area contributed by atoms with Gasteiger partial charge in [0.2, 0.25) is 11.8 Å². The molecule has 1 aliphatic rings. The molecule has 3 heterocycles. The average Bonchev–Trinajstić information content (AvgIpc) is 3.33. The Bertz CT molecular complexity index is 1280. The number of hydrogen-bond donors (Lipinski definition) is 1. The van der Waals surface area contributed by atoms with Gasteiger partial charge in [-0.05, 0) is 32.4 Å². The SMILES string of the molecule is Cc1cnc2n1-c1sc(CC(C)C(=O)NC(C)C(=O)N(C)C)cc1C(c1ccccc1Cl)=NC2. The molecule has 0 saturated carbocycles. The number of imidazole rings is 1. The van der Waals surface area contributed by atoms with E-state index in [9.17, 15) is 9.59 Å². The van der Waals surface area contributed by atoms with E-state index in [1.807, 2.05) is 44.3 Å². The summed E-state index contributed by atoms with van der Waals surface area (Å²) >= 11 is 8.17. The lowest BCUT2D eigenvalue weighted by molar-refractivity contribution is -0.134. The van der Waals surface area contributed by atoms with E-state index in [1.54, 1.807) is 32.4 Å². The number of rotatable bonds is 6. The summed E-state index contributed by atoms with van der Waals surface area (Å²) in [6, 6.07) is 9.23. The molecule has 1 aromatic carbocycles. The summed E-state index contributed by atoms with van der Waals surface area (Å²) < 4.78 is 2.14. The molecule has 9 heteroatoms. The van der Waals surface area contributed by atoms with E-state index in [-0.39, 0.29) is 17.7 Å². The maximum Gasteiger partial charge on any atom is 0.244 e. The Morgan fingerprint density at radius 1 is 1.24 bits per heavy atom. The van der Waals surface area contributed by atoms with Crippen LogP contribution in [0.15, 0.2) is 41.5 Å². The van der Waals surface area contributed by atoms with Crippen molar-refractivity contribution in [2.75, 3.05) is 14.1 Å². The molecule has 34 heavy (non-hydrogen) atoms. The van der Waals surface area contributed by atoms with Gasteiger partial charge in [-0.2, -0.15) is 0 Å². The zero-order valence-corrected chi connectivity index (χ0v) is 21.5. The minimum absolute atomic E-state index is 0.132. The second-order valence-electron chi connectivity index (χ2n) is 8.80. The Morgan fingerprint density at radius 2 is 1.97 bits per heavy atom. The maximum atomic E-state index is 12.8. The average molecular weight is 498 g/mol. The monoisotopic (exact) mass is 497 g/mol. The number of nitrogens with one attached hydrogen (secondary N) is 1. The van der Waals surface area contributed by atoms with Gasteiger partial charge in [-0.25, -0.2) is 4.98 Å². The lowest BCUT2D eigenvalue weighted by Crippen LogP contribution is -2.46. The molecular weight excluding hydrogens is 470 g/mol. The van der Waals surface area contributed by atoms with Gasteiger partial charge in [0, 0.05) is 52.9 Å². The lowest BCUT2D eigenvalue weighted by Gasteiger charge is -2.20. The summed E-state index contributed by atoms with van der Waals surface area (Å²) in [6.07, 6.45) is 2.40. The third kappa shape index (κ3) is 4.65. The van der Waals surface area contributed by atoms with E-state index >= 15 is 0 Å². The number of carbonyl (C=O) groups is 2. The van der Waals surface area contributed by atoms with Crippen molar-refractivity contribution >= 4 is 40.5 Å². The van der Waals surface area contributed by atoms with Gasteiger partial charge in [0.05, 0.1) is 12.3 Å². The molecule has 0 fully saturated rings. The quantitative estimate of drug-likeness (QED) is 0.558. The van der Waals surface area contributed by atoms with E-state index in [1.165, 1.54) is 4.90 Å². The molecule has 2 unspecified atom stereocenters. The van der Waals surface area contributed by atoms with Gasteiger partial charge in [0.25, 0.3) is 0 Å². The minimum atomic E-state index is -0.569. The van der Waals surface area contributed by atoms with Crippen LogP contribution in [0.5, 0.6) is 0 Å². The second kappa shape index (κ2) is 9.72. The molecule has 1 aliphatic heterocycles. The number of nitrogens with zero attached hydrogens (tertiary/aromatic N) is 4. The maximum absolute atomic E-state index is 12.8. The fourth-order valence-electron chi connectivity index (χ4n) is 4.06. The van der Waals surface area contributed by atoms with Crippen LogP contribution < -0.4 is 5.32 Å². The Morgan fingerprint density at radius 3 is 2.68 bits per heavy atom. The van der Waals surface area contributed by atoms with Crippen molar-refractivity contribution in [3.05, 3.63) is 69.1 Å². The number of hydrogen-bond acceptors (Lipinski definition) is 5. The van der Waals surface area contributed by atoms with E-state index in [2.05, 4.69) is 20.9 Å². The number of halogens is 1. The van der Waals surface area contributed by atoms with Crippen molar-refractivity contribution in [2.24, 2.45) is 10.9 Å². The fourth-order valence-corrected chi connectivity index (χ4v) is 5.65. The number of aromatic nitrogens is 2. The van der Waals surface area contributed by atoms with E-state index < -0.39 is 6.04 Å². The summed E-state index contributed by atoms with van der Waals surface area (Å²) in [6.45, 7) is 6.07. The summed E-state index contributed by atoms with van der Waals surface area (Å²) in [5, 5.41) is 4.50. The van der Waals surface area contributed by atoms with Crippen molar-refractivity contribution in [1.29, 1.82) is 0 Å². The van der Waals surface area contributed by atoms with Gasteiger partial charge >= 0.3 is 0 Å².